The lowest BCUT2D eigenvalue weighted by Crippen LogP contribution is -2.14. The van der Waals surface area contributed by atoms with Gasteiger partial charge >= 0.3 is 12.4 Å². The molecular formula is C11H8F6O. The predicted molar refractivity (Wildman–Crippen MR) is 52.6 cm³/mol. The van der Waals surface area contributed by atoms with E-state index in [1.807, 2.05) is 0 Å². The lowest BCUT2D eigenvalue weighted by molar-refractivity contribution is -0.143. The molecule has 0 aromatic heterocycles. The second-order valence-electron chi connectivity index (χ2n) is 3.35. The highest BCUT2D eigenvalue weighted by molar-refractivity contribution is 5.60. The van der Waals surface area contributed by atoms with Crippen molar-refractivity contribution in [2.45, 2.75) is 12.4 Å². The number of rotatable bonds is 2. The van der Waals surface area contributed by atoms with E-state index in [9.17, 15) is 26.3 Å². The van der Waals surface area contributed by atoms with Gasteiger partial charge in [-0.3, -0.25) is 0 Å². The van der Waals surface area contributed by atoms with Crippen LogP contribution in [0.4, 0.5) is 26.3 Å². The molecule has 1 aromatic carbocycles. The first-order chi connectivity index (χ1) is 8.18. The number of alkyl halides is 6. The summed E-state index contributed by atoms with van der Waals surface area (Å²) in [5.74, 6) is 0. The molecule has 18 heavy (non-hydrogen) atoms. The van der Waals surface area contributed by atoms with Crippen LogP contribution in [0, 0.1) is 0 Å². The van der Waals surface area contributed by atoms with Crippen LogP contribution < -0.4 is 0 Å². The first kappa shape index (κ1) is 14.6. The fourth-order valence-electron chi connectivity index (χ4n) is 1.41. The Hall–Kier alpha value is -1.50. The van der Waals surface area contributed by atoms with Gasteiger partial charge in [0, 0.05) is 0 Å². The number of benzene rings is 1. The van der Waals surface area contributed by atoms with Crippen molar-refractivity contribution in [3.05, 3.63) is 41.0 Å². The molecule has 1 nitrogen and oxygen atoms in total. The minimum absolute atomic E-state index is 0.562. The third-order valence-corrected chi connectivity index (χ3v) is 2.11. The van der Waals surface area contributed by atoms with E-state index < -0.39 is 35.6 Å². The molecule has 0 bridgehead atoms. The quantitative estimate of drug-likeness (QED) is 0.812. The number of hydrogen-bond donors (Lipinski definition) is 1. The van der Waals surface area contributed by atoms with Crippen molar-refractivity contribution in [3.8, 4) is 0 Å². The molecule has 0 unspecified atom stereocenters. The highest BCUT2D eigenvalue weighted by Gasteiger charge is 2.39. The second-order valence-corrected chi connectivity index (χ2v) is 3.35. The highest BCUT2D eigenvalue weighted by atomic mass is 19.4. The molecule has 0 aliphatic rings. The zero-order chi connectivity index (χ0) is 14.0. The minimum Gasteiger partial charge on any atom is -0.392 e. The van der Waals surface area contributed by atoms with Gasteiger partial charge in [0.25, 0.3) is 0 Å². The van der Waals surface area contributed by atoms with Gasteiger partial charge in [0.1, 0.15) is 0 Å². The van der Waals surface area contributed by atoms with Crippen molar-refractivity contribution in [2.24, 2.45) is 0 Å². The fraction of sp³-hybridized carbons (Fsp3) is 0.273. The molecule has 1 N–H and O–H groups in total. The van der Waals surface area contributed by atoms with Crippen LogP contribution in [0.3, 0.4) is 0 Å². The van der Waals surface area contributed by atoms with E-state index in [-0.39, 0.29) is 0 Å². The standard InChI is InChI=1S/C11H8F6O/c12-10(13,14)8-4-1-5-9(11(15,16)17)7(8)3-2-6-18/h1-5,18H,6H2. The Balaban J connectivity index is 3.50. The summed E-state index contributed by atoms with van der Waals surface area (Å²) in [6.07, 6.45) is -8.35. The van der Waals surface area contributed by atoms with Crippen molar-refractivity contribution in [1.82, 2.24) is 0 Å². The Kier molecular flexibility index (Phi) is 4.05. The number of halogens is 6. The normalized spacial score (nSPS) is 13.3. The second kappa shape index (κ2) is 5.01. The molecule has 0 aliphatic carbocycles. The lowest BCUT2D eigenvalue weighted by atomic mass is 9.99. The summed E-state index contributed by atoms with van der Waals surface area (Å²) in [5, 5.41) is 8.47. The molecule has 0 saturated heterocycles. The van der Waals surface area contributed by atoms with Gasteiger partial charge in [-0.25, -0.2) is 0 Å². The molecule has 100 valence electrons. The number of aliphatic hydroxyl groups is 1. The maximum Gasteiger partial charge on any atom is 0.417 e. The van der Waals surface area contributed by atoms with Crippen molar-refractivity contribution in [1.29, 1.82) is 0 Å². The molecule has 0 radical (unpaired) electrons. The van der Waals surface area contributed by atoms with Crippen LogP contribution in [0.15, 0.2) is 24.3 Å². The third-order valence-electron chi connectivity index (χ3n) is 2.11. The van der Waals surface area contributed by atoms with Gasteiger partial charge < -0.3 is 5.11 Å². The van der Waals surface area contributed by atoms with Crippen LogP contribution >= 0.6 is 0 Å². The molecule has 7 heteroatoms. The van der Waals surface area contributed by atoms with Crippen molar-refractivity contribution < 1.29 is 31.4 Å². The number of hydrogen-bond acceptors (Lipinski definition) is 1. The molecular weight excluding hydrogens is 262 g/mol. The molecule has 1 aromatic rings. The number of aliphatic hydroxyl groups excluding tert-OH is 1. The monoisotopic (exact) mass is 270 g/mol. The smallest absolute Gasteiger partial charge is 0.392 e. The van der Waals surface area contributed by atoms with E-state index in [0.717, 1.165) is 6.08 Å². The summed E-state index contributed by atoms with van der Waals surface area (Å²) in [5.41, 5.74) is -3.77. The van der Waals surface area contributed by atoms with Crippen LogP contribution in [0.5, 0.6) is 0 Å². The first-order valence-corrected chi connectivity index (χ1v) is 4.72. The van der Waals surface area contributed by atoms with Crippen molar-refractivity contribution >= 4 is 6.08 Å². The van der Waals surface area contributed by atoms with E-state index in [1.165, 1.54) is 0 Å². The summed E-state index contributed by atoms with van der Waals surface area (Å²) in [6.45, 7) is -0.649. The summed E-state index contributed by atoms with van der Waals surface area (Å²) >= 11 is 0. The zero-order valence-electron chi connectivity index (χ0n) is 8.81. The van der Waals surface area contributed by atoms with Crippen LogP contribution in [0.2, 0.25) is 0 Å². The molecule has 0 saturated carbocycles. The van der Waals surface area contributed by atoms with Gasteiger partial charge in [-0.15, -0.1) is 0 Å². The van der Waals surface area contributed by atoms with Gasteiger partial charge in [0.15, 0.2) is 0 Å². The van der Waals surface area contributed by atoms with E-state index in [0.29, 0.717) is 24.3 Å². The largest absolute Gasteiger partial charge is 0.417 e. The Morgan fingerprint density at radius 2 is 1.39 bits per heavy atom. The zero-order valence-corrected chi connectivity index (χ0v) is 8.81. The van der Waals surface area contributed by atoms with Crippen molar-refractivity contribution in [3.63, 3.8) is 0 Å². The van der Waals surface area contributed by atoms with Crippen molar-refractivity contribution in [2.75, 3.05) is 6.61 Å². The molecule has 0 spiro atoms. The maximum absolute atomic E-state index is 12.6. The van der Waals surface area contributed by atoms with Gasteiger partial charge in [0.05, 0.1) is 17.7 Å². The summed E-state index contributed by atoms with van der Waals surface area (Å²) < 4.78 is 75.5. The fourth-order valence-corrected chi connectivity index (χ4v) is 1.41. The molecule has 0 aliphatic heterocycles. The predicted octanol–water partition coefficient (Wildman–Crippen LogP) is 3.73. The van der Waals surface area contributed by atoms with Gasteiger partial charge in [-0.1, -0.05) is 18.2 Å². The summed E-state index contributed by atoms with van der Waals surface area (Å²) in [6, 6.07) is 1.82. The molecule has 0 fully saturated rings. The molecule has 0 amide bonds. The van der Waals surface area contributed by atoms with Crippen LogP contribution in [-0.2, 0) is 12.4 Å². The van der Waals surface area contributed by atoms with Crippen LogP contribution in [0.25, 0.3) is 6.08 Å². The van der Waals surface area contributed by atoms with E-state index in [1.54, 1.807) is 0 Å². The average Bonchev–Trinajstić information content (AvgIpc) is 2.23. The molecule has 0 atom stereocenters. The van der Waals surface area contributed by atoms with Crippen LogP contribution in [0.1, 0.15) is 16.7 Å². The Morgan fingerprint density at radius 1 is 0.944 bits per heavy atom. The van der Waals surface area contributed by atoms with Crippen LogP contribution in [-0.4, -0.2) is 11.7 Å². The summed E-state index contributed by atoms with van der Waals surface area (Å²) in [4.78, 5) is 0. The van der Waals surface area contributed by atoms with Gasteiger partial charge in [-0.2, -0.15) is 26.3 Å². The van der Waals surface area contributed by atoms with Gasteiger partial charge in [0.2, 0.25) is 0 Å². The van der Waals surface area contributed by atoms with E-state index >= 15 is 0 Å². The molecule has 1 rings (SSSR count). The average molecular weight is 270 g/mol. The van der Waals surface area contributed by atoms with E-state index in [4.69, 9.17) is 5.11 Å². The lowest BCUT2D eigenvalue weighted by Gasteiger charge is -2.16. The van der Waals surface area contributed by atoms with E-state index in [2.05, 4.69) is 0 Å². The summed E-state index contributed by atoms with van der Waals surface area (Å²) in [7, 11) is 0. The first-order valence-electron chi connectivity index (χ1n) is 4.72. The Morgan fingerprint density at radius 3 is 1.72 bits per heavy atom. The highest BCUT2D eigenvalue weighted by Crippen LogP contribution is 2.39. The topological polar surface area (TPSA) is 20.2 Å². The Bertz CT molecular complexity index is 412. The third kappa shape index (κ3) is 3.25. The molecule has 0 heterocycles. The maximum atomic E-state index is 12.6. The SMILES string of the molecule is OCC=Cc1c(C(F)(F)F)cccc1C(F)(F)F. The minimum atomic E-state index is -4.89. The Labute approximate surface area is 98.4 Å². The van der Waals surface area contributed by atoms with Gasteiger partial charge in [-0.05, 0) is 17.7 Å².